The zero-order valence-electron chi connectivity index (χ0n) is 27.5. The van der Waals surface area contributed by atoms with Crippen LogP contribution >= 0.6 is 0 Å². The van der Waals surface area contributed by atoms with Crippen molar-refractivity contribution < 1.29 is 28.9 Å². The quantitative estimate of drug-likeness (QED) is 0.0967. The van der Waals surface area contributed by atoms with E-state index in [9.17, 15) is 14.7 Å². The van der Waals surface area contributed by atoms with Gasteiger partial charge in [-0.1, -0.05) is 97.1 Å². The number of aliphatic hydroxyl groups excluding tert-OH is 1. The highest BCUT2D eigenvalue weighted by atomic mass is 16.5. The number of ether oxygens (including phenoxy) is 3. The summed E-state index contributed by atoms with van der Waals surface area (Å²) in [4.78, 5) is 24.4. The Morgan fingerprint density at radius 2 is 1.16 bits per heavy atom. The molecule has 3 aliphatic carbocycles. The van der Waals surface area contributed by atoms with Crippen LogP contribution in [0.15, 0.2) is 24.3 Å². The fourth-order valence-corrected chi connectivity index (χ4v) is 8.19. The molecule has 0 bridgehead atoms. The molecule has 0 radical (unpaired) electrons. The molecule has 0 aromatic carbocycles. The number of carbonyl (C=O) groups excluding carboxylic acids is 2. The normalized spacial score (nSPS) is 28.5. The van der Waals surface area contributed by atoms with Crippen molar-refractivity contribution in [3.63, 3.8) is 0 Å². The number of rotatable bonds is 18. The monoisotopic (exact) mass is 602 g/mol. The van der Waals surface area contributed by atoms with E-state index in [1.54, 1.807) is 0 Å². The van der Waals surface area contributed by atoms with Crippen LogP contribution in [-0.2, 0) is 23.8 Å². The second-order valence-electron chi connectivity index (χ2n) is 14.2. The molecular formula is C37H62O6. The number of unbranched alkanes of at least 4 members (excludes halogenated alkanes) is 2. The van der Waals surface area contributed by atoms with Gasteiger partial charge < -0.3 is 19.3 Å². The van der Waals surface area contributed by atoms with Crippen LogP contribution in [0.2, 0.25) is 0 Å². The summed E-state index contributed by atoms with van der Waals surface area (Å²) < 4.78 is 16.0. The Balaban J connectivity index is 1.36. The van der Waals surface area contributed by atoms with E-state index in [1.807, 2.05) is 0 Å². The standard InChI is InChI=1S/C37H62O6/c1-5-6-7-8-29-11-17-32(18-12-29)33-19-13-30(14-20-33)9-10-31-15-21-34(22-16-31)35(25-42-36(39)27(2)23-38)26-43-37(40)28(3)24-41-4/h29-35,38H,2-3,5-26H2,1,4H3. The second-order valence-corrected chi connectivity index (χ2v) is 14.2. The third-order valence-corrected chi connectivity index (χ3v) is 11.2. The van der Waals surface area contributed by atoms with Crippen LogP contribution in [-0.4, -0.2) is 50.6 Å². The minimum atomic E-state index is -0.596. The van der Waals surface area contributed by atoms with Crippen molar-refractivity contribution >= 4 is 11.9 Å². The first-order chi connectivity index (χ1) is 20.8. The minimum Gasteiger partial charge on any atom is -0.462 e. The average Bonchev–Trinajstić information content (AvgIpc) is 3.04. The SMILES string of the molecule is C=C(CO)C(=O)OCC(COC(=O)C(=C)COC)C1CCC(CCC2CCC(C3CCC(CCCCC)CC3)CC2)CC1. The molecule has 1 unspecified atom stereocenters. The van der Waals surface area contributed by atoms with Gasteiger partial charge in [0.25, 0.3) is 0 Å². The first-order valence-corrected chi connectivity index (χ1v) is 17.6. The van der Waals surface area contributed by atoms with E-state index in [0.717, 1.165) is 42.4 Å². The van der Waals surface area contributed by atoms with Crippen LogP contribution in [0.25, 0.3) is 0 Å². The van der Waals surface area contributed by atoms with Crippen molar-refractivity contribution in [2.45, 2.75) is 122 Å². The average molecular weight is 603 g/mol. The molecule has 0 heterocycles. The molecule has 0 aromatic heterocycles. The molecule has 0 amide bonds. The molecule has 0 aromatic rings. The molecule has 1 atom stereocenters. The van der Waals surface area contributed by atoms with Crippen LogP contribution in [0.4, 0.5) is 0 Å². The molecule has 246 valence electrons. The van der Waals surface area contributed by atoms with Crippen molar-refractivity contribution in [1.82, 2.24) is 0 Å². The fourth-order valence-electron chi connectivity index (χ4n) is 8.19. The number of methoxy groups -OCH3 is 1. The number of hydrogen-bond acceptors (Lipinski definition) is 6. The van der Waals surface area contributed by atoms with Gasteiger partial charge in [-0.3, -0.25) is 0 Å². The highest BCUT2D eigenvalue weighted by molar-refractivity contribution is 5.88. The van der Waals surface area contributed by atoms with E-state index in [4.69, 9.17) is 14.2 Å². The van der Waals surface area contributed by atoms with Crippen LogP contribution in [0.1, 0.15) is 122 Å². The van der Waals surface area contributed by atoms with E-state index < -0.39 is 18.5 Å². The molecule has 0 spiro atoms. The van der Waals surface area contributed by atoms with Gasteiger partial charge in [0.05, 0.1) is 37.6 Å². The molecule has 0 aliphatic heterocycles. The lowest BCUT2D eigenvalue weighted by Crippen LogP contribution is -2.31. The lowest BCUT2D eigenvalue weighted by Gasteiger charge is -2.38. The number of hydrogen-bond donors (Lipinski definition) is 1. The number of aliphatic hydroxyl groups is 1. The van der Waals surface area contributed by atoms with Gasteiger partial charge >= 0.3 is 11.9 Å². The topological polar surface area (TPSA) is 82.1 Å². The van der Waals surface area contributed by atoms with Crippen LogP contribution in [0, 0.1) is 41.4 Å². The largest absolute Gasteiger partial charge is 0.462 e. The Hall–Kier alpha value is -1.66. The maximum Gasteiger partial charge on any atom is 0.335 e. The summed E-state index contributed by atoms with van der Waals surface area (Å²) in [5.41, 5.74) is 0.307. The second kappa shape index (κ2) is 19.7. The summed E-state index contributed by atoms with van der Waals surface area (Å²) in [5.74, 6) is 3.85. The highest BCUT2D eigenvalue weighted by Crippen LogP contribution is 2.44. The Morgan fingerprint density at radius 3 is 1.63 bits per heavy atom. The molecule has 0 saturated heterocycles. The van der Waals surface area contributed by atoms with Gasteiger partial charge in [-0.15, -0.1) is 0 Å². The Labute approximate surface area is 262 Å². The van der Waals surface area contributed by atoms with Gasteiger partial charge in [0.2, 0.25) is 0 Å². The van der Waals surface area contributed by atoms with Gasteiger partial charge in [0, 0.05) is 13.0 Å². The molecule has 6 nitrogen and oxygen atoms in total. The first-order valence-electron chi connectivity index (χ1n) is 17.6. The summed E-state index contributed by atoms with van der Waals surface area (Å²) >= 11 is 0. The van der Waals surface area contributed by atoms with Gasteiger partial charge in [-0.25, -0.2) is 9.59 Å². The van der Waals surface area contributed by atoms with E-state index >= 15 is 0 Å². The molecule has 3 fully saturated rings. The van der Waals surface area contributed by atoms with Gasteiger partial charge in [-0.2, -0.15) is 0 Å². The van der Waals surface area contributed by atoms with Crippen LogP contribution in [0.5, 0.6) is 0 Å². The van der Waals surface area contributed by atoms with Gasteiger partial charge in [0.1, 0.15) is 0 Å². The molecule has 6 heteroatoms. The van der Waals surface area contributed by atoms with Crippen molar-refractivity contribution in [2.24, 2.45) is 41.4 Å². The third kappa shape index (κ3) is 12.3. The molecule has 43 heavy (non-hydrogen) atoms. The first kappa shape index (κ1) is 35.8. The summed E-state index contributed by atoms with van der Waals surface area (Å²) in [6.07, 6.45) is 24.6. The maximum absolute atomic E-state index is 12.3. The van der Waals surface area contributed by atoms with E-state index in [-0.39, 0.29) is 36.9 Å². The molecular weight excluding hydrogens is 540 g/mol. The van der Waals surface area contributed by atoms with Gasteiger partial charge in [-0.05, 0) is 74.0 Å². The van der Waals surface area contributed by atoms with Crippen molar-refractivity contribution in [1.29, 1.82) is 0 Å². The Kier molecular flexibility index (Phi) is 16.4. The van der Waals surface area contributed by atoms with Crippen molar-refractivity contribution in [3.05, 3.63) is 24.3 Å². The minimum absolute atomic E-state index is 0.0344. The maximum atomic E-state index is 12.3. The zero-order valence-corrected chi connectivity index (χ0v) is 27.5. The zero-order chi connectivity index (χ0) is 31.0. The van der Waals surface area contributed by atoms with E-state index in [1.165, 1.54) is 110 Å². The Morgan fingerprint density at radius 1 is 0.698 bits per heavy atom. The number of esters is 2. The predicted molar refractivity (Wildman–Crippen MR) is 172 cm³/mol. The highest BCUT2D eigenvalue weighted by Gasteiger charge is 2.33. The third-order valence-electron chi connectivity index (χ3n) is 11.2. The summed E-state index contributed by atoms with van der Waals surface area (Å²) in [6.45, 7) is 9.63. The molecule has 3 rings (SSSR count). The fraction of sp³-hybridized carbons (Fsp3) is 0.838. The smallest absolute Gasteiger partial charge is 0.335 e. The molecule has 1 N–H and O–H groups in total. The van der Waals surface area contributed by atoms with Crippen molar-refractivity contribution in [2.75, 3.05) is 33.5 Å². The van der Waals surface area contributed by atoms with Crippen LogP contribution < -0.4 is 0 Å². The van der Waals surface area contributed by atoms with E-state index in [0.29, 0.717) is 5.92 Å². The van der Waals surface area contributed by atoms with E-state index in [2.05, 4.69) is 20.1 Å². The lowest BCUT2D eigenvalue weighted by molar-refractivity contribution is -0.146. The van der Waals surface area contributed by atoms with Crippen molar-refractivity contribution in [3.8, 4) is 0 Å². The molecule has 3 aliphatic rings. The predicted octanol–water partition coefficient (Wildman–Crippen LogP) is 8.22. The summed E-state index contributed by atoms with van der Waals surface area (Å²) in [7, 11) is 1.51. The van der Waals surface area contributed by atoms with Gasteiger partial charge in [0.15, 0.2) is 0 Å². The summed E-state index contributed by atoms with van der Waals surface area (Å²) in [6, 6.07) is 0. The lowest BCUT2D eigenvalue weighted by atomic mass is 9.67. The Bertz CT molecular complexity index is 843. The van der Waals surface area contributed by atoms with Crippen LogP contribution in [0.3, 0.4) is 0 Å². The number of carbonyl (C=O) groups is 2. The molecule has 3 saturated carbocycles. The summed E-state index contributed by atoms with van der Waals surface area (Å²) in [5, 5.41) is 9.20.